The van der Waals surface area contributed by atoms with E-state index in [1.807, 2.05) is 23.6 Å². The lowest BCUT2D eigenvalue weighted by Crippen LogP contribution is -2.18. The second kappa shape index (κ2) is 8.26. The molecule has 8 nitrogen and oxygen atoms in total. The van der Waals surface area contributed by atoms with Crippen LogP contribution in [0.1, 0.15) is 16.1 Å². The normalized spacial score (nSPS) is 10.8. The van der Waals surface area contributed by atoms with E-state index in [0.29, 0.717) is 23.6 Å². The number of rotatable bonds is 7. The number of anilines is 1. The van der Waals surface area contributed by atoms with Gasteiger partial charge in [-0.15, -0.1) is 21.5 Å². The fraction of sp³-hybridized carbons (Fsp3) is 0.176. The molecule has 0 amide bonds. The van der Waals surface area contributed by atoms with Crippen molar-refractivity contribution in [1.29, 1.82) is 0 Å². The number of ether oxygens (including phenoxy) is 2. The maximum absolute atomic E-state index is 12.2. The van der Waals surface area contributed by atoms with Crippen molar-refractivity contribution < 1.29 is 9.47 Å². The van der Waals surface area contributed by atoms with Gasteiger partial charge in [-0.2, -0.15) is 5.10 Å². The quantitative estimate of drug-likeness (QED) is 0.488. The summed E-state index contributed by atoms with van der Waals surface area (Å²) in [6.07, 6.45) is 1.96. The second-order valence-corrected chi connectivity index (χ2v) is 6.18. The van der Waals surface area contributed by atoms with Crippen LogP contribution in [0, 0.1) is 0 Å². The SMILES string of the molecule is COc1ccc(Cc2nnc(N/N=C/c3cccs3)[nH]c2=O)cc1OC. The third-order valence-corrected chi connectivity index (χ3v) is 4.30. The molecule has 0 saturated heterocycles. The minimum Gasteiger partial charge on any atom is -0.493 e. The average molecular weight is 371 g/mol. The number of aromatic amines is 1. The predicted molar refractivity (Wildman–Crippen MR) is 101 cm³/mol. The highest BCUT2D eigenvalue weighted by molar-refractivity contribution is 7.11. The summed E-state index contributed by atoms with van der Waals surface area (Å²) in [6.45, 7) is 0. The number of methoxy groups -OCH3 is 2. The van der Waals surface area contributed by atoms with E-state index >= 15 is 0 Å². The van der Waals surface area contributed by atoms with E-state index in [4.69, 9.17) is 9.47 Å². The van der Waals surface area contributed by atoms with Gasteiger partial charge in [0.1, 0.15) is 5.69 Å². The van der Waals surface area contributed by atoms with Crippen LogP contribution in [-0.4, -0.2) is 35.6 Å². The Hall–Kier alpha value is -3.20. The minimum atomic E-state index is -0.330. The van der Waals surface area contributed by atoms with Gasteiger partial charge in [-0.05, 0) is 29.1 Å². The Balaban J connectivity index is 1.70. The fourth-order valence-electron chi connectivity index (χ4n) is 2.23. The molecule has 0 spiro atoms. The maximum atomic E-state index is 12.2. The van der Waals surface area contributed by atoms with Crippen LogP contribution in [-0.2, 0) is 6.42 Å². The molecule has 1 aromatic carbocycles. The zero-order valence-corrected chi connectivity index (χ0v) is 15.0. The molecule has 134 valence electrons. The largest absolute Gasteiger partial charge is 0.493 e. The van der Waals surface area contributed by atoms with Gasteiger partial charge in [-0.1, -0.05) is 12.1 Å². The topological polar surface area (TPSA) is 101 Å². The highest BCUT2D eigenvalue weighted by Crippen LogP contribution is 2.28. The van der Waals surface area contributed by atoms with E-state index in [2.05, 4.69) is 25.7 Å². The third kappa shape index (κ3) is 4.25. The van der Waals surface area contributed by atoms with Crippen LogP contribution in [0.4, 0.5) is 5.95 Å². The van der Waals surface area contributed by atoms with E-state index in [1.165, 1.54) is 0 Å². The zero-order valence-electron chi connectivity index (χ0n) is 14.2. The molecule has 2 heterocycles. The number of H-pyrrole nitrogens is 1. The van der Waals surface area contributed by atoms with Gasteiger partial charge < -0.3 is 9.47 Å². The first kappa shape index (κ1) is 17.6. The molecule has 0 aliphatic heterocycles. The molecule has 9 heteroatoms. The van der Waals surface area contributed by atoms with E-state index in [1.54, 1.807) is 43.9 Å². The van der Waals surface area contributed by atoms with E-state index < -0.39 is 0 Å². The van der Waals surface area contributed by atoms with Crippen LogP contribution in [0.2, 0.25) is 0 Å². The lowest BCUT2D eigenvalue weighted by molar-refractivity contribution is 0.354. The van der Waals surface area contributed by atoms with Crippen molar-refractivity contribution in [3.05, 3.63) is 62.2 Å². The van der Waals surface area contributed by atoms with Crippen molar-refractivity contribution in [3.8, 4) is 11.5 Å². The molecule has 0 fully saturated rings. The summed E-state index contributed by atoms with van der Waals surface area (Å²) in [5.74, 6) is 1.40. The molecule has 0 aliphatic carbocycles. The molecule has 2 N–H and O–H groups in total. The van der Waals surface area contributed by atoms with Crippen molar-refractivity contribution in [2.24, 2.45) is 5.10 Å². The molecule has 0 saturated carbocycles. The Morgan fingerprint density at radius 3 is 2.77 bits per heavy atom. The number of thiophene rings is 1. The number of nitrogens with zero attached hydrogens (tertiary/aromatic N) is 3. The van der Waals surface area contributed by atoms with Crippen LogP contribution in [0.5, 0.6) is 11.5 Å². The number of aromatic nitrogens is 3. The monoisotopic (exact) mass is 371 g/mol. The van der Waals surface area contributed by atoms with Gasteiger partial charge in [0.05, 0.1) is 20.4 Å². The minimum absolute atomic E-state index is 0.180. The summed E-state index contributed by atoms with van der Waals surface area (Å²) in [5, 5.41) is 13.9. The number of hydrogen-bond acceptors (Lipinski definition) is 8. The summed E-state index contributed by atoms with van der Waals surface area (Å²) < 4.78 is 10.5. The summed E-state index contributed by atoms with van der Waals surface area (Å²) in [5.41, 5.74) is 3.48. The smallest absolute Gasteiger partial charge is 0.274 e. The number of nitrogens with one attached hydrogen (secondary N) is 2. The Morgan fingerprint density at radius 2 is 2.08 bits per heavy atom. The molecule has 2 aromatic heterocycles. The maximum Gasteiger partial charge on any atom is 0.274 e. The average Bonchev–Trinajstić information content (AvgIpc) is 3.17. The first-order chi connectivity index (χ1) is 12.7. The summed E-state index contributed by atoms with van der Waals surface area (Å²) >= 11 is 1.55. The number of hydrazone groups is 1. The van der Waals surface area contributed by atoms with Crippen molar-refractivity contribution in [2.75, 3.05) is 19.6 Å². The van der Waals surface area contributed by atoms with Gasteiger partial charge in [0.15, 0.2) is 11.5 Å². The summed E-state index contributed by atoms with van der Waals surface area (Å²) in [4.78, 5) is 15.8. The Labute approximate surface area is 153 Å². The molecular weight excluding hydrogens is 354 g/mol. The molecule has 0 aliphatic rings. The van der Waals surface area contributed by atoms with Crippen molar-refractivity contribution in [3.63, 3.8) is 0 Å². The number of hydrogen-bond donors (Lipinski definition) is 2. The van der Waals surface area contributed by atoms with Gasteiger partial charge in [-0.25, -0.2) is 5.43 Å². The second-order valence-electron chi connectivity index (χ2n) is 5.20. The molecule has 0 atom stereocenters. The Morgan fingerprint density at radius 1 is 1.23 bits per heavy atom. The molecule has 0 radical (unpaired) electrons. The standard InChI is InChI=1S/C17H17N5O3S/c1-24-14-6-5-11(9-15(14)25-2)8-13-16(23)19-17(22-20-13)21-18-10-12-4-3-7-26-12/h3-7,9-10H,8H2,1-2H3,(H2,19,21,22,23)/b18-10+. The highest BCUT2D eigenvalue weighted by atomic mass is 32.1. The molecule has 0 bridgehead atoms. The Bertz CT molecular complexity index is 953. The van der Waals surface area contributed by atoms with E-state index in [9.17, 15) is 4.79 Å². The van der Waals surface area contributed by atoms with Gasteiger partial charge >= 0.3 is 0 Å². The molecule has 26 heavy (non-hydrogen) atoms. The third-order valence-electron chi connectivity index (χ3n) is 3.49. The fourth-order valence-corrected chi connectivity index (χ4v) is 2.82. The van der Waals surface area contributed by atoms with Crippen LogP contribution >= 0.6 is 11.3 Å². The zero-order chi connectivity index (χ0) is 18.4. The van der Waals surface area contributed by atoms with Crippen LogP contribution in [0.15, 0.2) is 45.6 Å². The van der Waals surface area contributed by atoms with Gasteiger partial charge in [-0.3, -0.25) is 9.78 Å². The highest BCUT2D eigenvalue weighted by Gasteiger charge is 2.09. The first-order valence-corrected chi connectivity index (χ1v) is 8.57. The number of benzene rings is 1. The molecule has 0 unspecified atom stereocenters. The van der Waals surface area contributed by atoms with Crippen molar-refractivity contribution in [2.45, 2.75) is 6.42 Å². The van der Waals surface area contributed by atoms with Crippen LogP contribution in [0.25, 0.3) is 0 Å². The van der Waals surface area contributed by atoms with Crippen LogP contribution < -0.4 is 20.5 Å². The van der Waals surface area contributed by atoms with E-state index in [0.717, 1.165) is 10.4 Å². The summed E-state index contributed by atoms with van der Waals surface area (Å²) in [6, 6.07) is 9.29. The molecule has 3 aromatic rings. The van der Waals surface area contributed by atoms with E-state index in [-0.39, 0.29) is 11.5 Å². The molecule has 3 rings (SSSR count). The van der Waals surface area contributed by atoms with Gasteiger partial charge in [0.2, 0.25) is 5.95 Å². The van der Waals surface area contributed by atoms with Gasteiger partial charge in [0.25, 0.3) is 5.56 Å². The predicted octanol–water partition coefficient (Wildman–Crippen LogP) is 2.28. The first-order valence-electron chi connectivity index (χ1n) is 7.69. The molecular formula is C17H17N5O3S. The Kier molecular flexibility index (Phi) is 5.59. The lowest BCUT2D eigenvalue weighted by atomic mass is 10.1. The van der Waals surface area contributed by atoms with Crippen LogP contribution in [0.3, 0.4) is 0 Å². The lowest BCUT2D eigenvalue weighted by Gasteiger charge is -2.09. The van der Waals surface area contributed by atoms with Gasteiger partial charge in [0, 0.05) is 11.3 Å². The van der Waals surface area contributed by atoms with Crippen molar-refractivity contribution >= 4 is 23.5 Å². The van der Waals surface area contributed by atoms with Crippen molar-refractivity contribution in [1.82, 2.24) is 15.2 Å². The summed E-state index contributed by atoms with van der Waals surface area (Å²) in [7, 11) is 3.13.